The van der Waals surface area contributed by atoms with E-state index < -0.39 is 28.4 Å². The highest BCUT2D eigenvalue weighted by Gasteiger charge is 2.53. The molecule has 0 bridgehead atoms. The van der Waals surface area contributed by atoms with Crippen molar-refractivity contribution in [2.24, 2.45) is 5.10 Å². The van der Waals surface area contributed by atoms with E-state index in [1.54, 1.807) is 0 Å². The first kappa shape index (κ1) is 15.9. The van der Waals surface area contributed by atoms with E-state index in [0.29, 0.717) is 0 Å². The fraction of sp³-hybridized carbons (Fsp3) is 0.333. The maximum atomic E-state index is 12.6. The number of non-ortho nitro benzene ring substituents is 1. The summed E-state index contributed by atoms with van der Waals surface area (Å²) in [5.74, 6) is -2.35. The van der Waals surface area contributed by atoms with Crippen LogP contribution in [0.25, 0.3) is 0 Å². The Morgan fingerprint density at radius 2 is 2.14 bits per heavy atom. The van der Waals surface area contributed by atoms with Gasteiger partial charge in [-0.25, -0.2) is 0 Å². The predicted molar refractivity (Wildman–Crippen MR) is 67.6 cm³/mol. The first-order chi connectivity index (χ1) is 10.1. The fourth-order valence-electron chi connectivity index (χ4n) is 2.15. The summed E-state index contributed by atoms with van der Waals surface area (Å²) in [4.78, 5) is 21.4. The zero-order valence-corrected chi connectivity index (χ0v) is 11.2. The predicted octanol–water partition coefficient (Wildman–Crippen LogP) is 1.91. The lowest BCUT2D eigenvalue weighted by atomic mass is 9.97. The summed E-state index contributed by atoms with van der Waals surface area (Å²) in [6, 6.07) is 4.42. The molecule has 1 aromatic carbocycles. The minimum Gasteiger partial charge on any atom is -0.365 e. The van der Waals surface area contributed by atoms with E-state index in [1.807, 2.05) is 0 Å². The summed E-state index contributed by atoms with van der Waals surface area (Å²) in [5.41, 5.74) is -2.97. The number of nitro benzene ring substituents is 1. The van der Waals surface area contributed by atoms with Crippen molar-refractivity contribution >= 4 is 17.3 Å². The van der Waals surface area contributed by atoms with Crippen LogP contribution in [-0.4, -0.2) is 32.8 Å². The molecule has 7 nitrogen and oxygen atoms in total. The van der Waals surface area contributed by atoms with Crippen LogP contribution in [0.1, 0.15) is 18.9 Å². The van der Waals surface area contributed by atoms with Crippen LogP contribution in [0.5, 0.6) is 0 Å². The van der Waals surface area contributed by atoms with Crippen molar-refractivity contribution in [2.45, 2.75) is 25.2 Å². The number of carbonyl (C=O) groups is 1. The minimum absolute atomic E-state index is 0.0820. The molecule has 0 aromatic heterocycles. The summed E-state index contributed by atoms with van der Waals surface area (Å²) in [5, 5.41) is 24.6. The number of aliphatic hydroxyl groups is 1. The molecule has 1 heterocycles. The van der Waals surface area contributed by atoms with Gasteiger partial charge in [0, 0.05) is 29.8 Å². The third-order valence-corrected chi connectivity index (χ3v) is 3.08. The minimum atomic E-state index is -5.23. The van der Waals surface area contributed by atoms with Crippen molar-refractivity contribution in [3.8, 4) is 0 Å². The number of rotatable bonds is 2. The zero-order valence-electron chi connectivity index (χ0n) is 11.2. The number of hydrazone groups is 1. The van der Waals surface area contributed by atoms with Gasteiger partial charge in [0.05, 0.1) is 4.92 Å². The fourth-order valence-corrected chi connectivity index (χ4v) is 2.15. The van der Waals surface area contributed by atoms with E-state index in [1.165, 1.54) is 19.1 Å². The standard InChI is InChI=1S/C12H10F3N3O4/c1-7-6-11(20,17(16-7)10(19)12(13,14)15)8-3-2-4-9(5-8)18(21)22/h2-5,20H,6H2,1H3. The summed E-state index contributed by atoms with van der Waals surface area (Å²) >= 11 is 0. The van der Waals surface area contributed by atoms with Gasteiger partial charge >= 0.3 is 12.1 Å². The quantitative estimate of drug-likeness (QED) is 0.665. The first-order valence-corrected chi connectivity index (χ1v) is 5.98. The average Bonchev–Trinajstić information content (AvgIpc) is 2.73. The molecule has 1 aliphatic rings. The molecule has 0 spiro atoms. The second-order valence-corrected chi connectivity index (χ2v) is 4.75. The third kappa shape index (κ3) is 2.64. The summed E-state index contributed by atoms with van der Waals surface area (Å²) in [6.07, 6.45) is -5.61. The van der Waals surface area contributed by atoms with Gasteiger partial charge in [-0.1, -0.05) is 12.1 Å². The second-order valence-electron chi connectivity index (χ2n) is 4.75. The Bertz CT molecular complexity index is 674. The highest BCUT2D eigenvalue weighted by atomic mass is 19.4. The number of amides is 1. The Morgan fingerprint density at radius 3 is 2.68 bits per heavy atom. The monoisotopic (exact) mass is 317 g/mol. The van der Waals surface area contributed by atoms with Gasteiger partial charge in [-0.2, -0.15) is 23.3 Å². The lowest BCUT2D eigenvalue weighted by Crippen LogP contribution is -2.48. The SMILES string of the molecule is CC1=NN(C(=O)C(F)(F)F)C(O)(c2cccc([N+](=O)[O-])c2)C1. The van der Waals surface area contributed by atoms with Crippen LogP contribution in [0, 0.1) is 10.1 Å². The Hall–Kier alpha value is -2.49. The van der Waals surface area contributed by atoms with Crippen LogP contribution in [0.4, 0.5) is 18.9 Å². The van der Waals surface area contributed by atoms with E-state index >= 15 is 0 Å². The maximum absolute atomic E-state index is 12.6. The molecule has 1 N–H and O–H groups in total. The van der Waals surface area contributed by atoms with Gasteiger partial charge in [-0.15, -0.1) is 0 Å². The molecule has 0 fully saturated rings. The number of nitro groups is 1. The number of carbonyl (C=O) groups excluding carboxylic acids is 1. The van der Waals surface area contributed by atoms with E-state index in [2.05, 4.69) is 5.10 Å². The Labute approximate surface area is 121 Å². The largest absolute Gasteiger partial charge is 0.473 e. The maximum Gasteiger partial charge on any atom is 0.473 e. The highest BCUT2D eigenvalue weighted by Crippen LogP contribution is 2.38. The summed E-state index contributed by atoms with van der Waals surface area (Å²) in [6.45, 7) is 1.34. The Balaban J connectivity index is 2.50. The van der Waals surface area contributed by atoms with Crippen molar-refractivity contribution in [3.63, 3.8) is 0 Å². The topological polar surface area (TPSA) is 96.0 Å². The molecular weight excluding hydrogens is 307 g/mol. The number of nitrogens with zero attached hydrogens (tertiary/aromatic N) is 3. The van der Waals surface area contributed by atoms with Crippen molar-refractivity contribution < 1.29 is 28.0 Å². The number of alkyl halides is 3. The van der Waals surface area contributed by atoms with E-state index in [9.17, 15) is 33.2 Å². The summed E-state index contributed by atoms with van der Waals surface area (Å²) in [7, 11) is 0. The average molecular weight is 317 g/mol. The van der Waals surface area contributed by atoms with Crippen molar-refractivity contribution in [2.75, 3.05) is 0 Å². The molecule has 0 saturated carbocycles. The Kier molecular flexibility index (Phi) is 3.65. The number of hydrogen-bond acceptors (Lipinski definition) is 5. The number of halogens is 3. The van der Waals surface area contributed by atoms with Gasteiger partial charge in [0.2, 0.25) is 0 Å². The van der Waals surface area contributed by atoms with Gasteiger partial charge in [0.25, 0.3) is 5.69 Å². The zero-order chi connectivity index (χ0) is 16.7. The lowest BCUT2D eigenvalue weighted by molar-refractivity contribution is -0.385. The van der Waals surface area contributed by atoms with Crippen LogP contribution in [0.15, 0.2) is 29.4 Å². The van der Waals surface area contributed by atoms with Gasteiger partial charge in [-0.3, -0.25) is 14.9 Å². The van der Waals surface area contributed by atoms with Crippen molar-refractivity contribution in [1.29, 1.82) is 0 Å². The number of hydrogen-bond donors (Lipinski definition) is 1. The lowest BCUT2D eigenvalue weighted by Gasteiger charge is -2.31. The molecule has 2 rings (SSSR count). The smallest absolute Gasteiger partial charge is 0.365 e. The molecule has 0 saturated heterocycles. The van der Waals surface area contributed by atoms with Gasteiger partial charge in [0.1, 0.15) is 0 Å². The molecule has 1 aromatic rings. The van der Waals surface area contributed by atoms with Crippen molar-refractivity contribution in [3.05, 3.63) is 39.9 Å². The van der Waals surface area contributed by atoms with Crippen molar-refractivity contribution in [1.82, 2.24) is 5.01 Å². The molecule has 1 aliphatic heterocycles. The van der Waals surface area contributed by atoms with Crippen LogP contribution in [0.3, 0.4) is 0 Å². The third-order valence-electron chi connectivity index (χ3n) is 3.08. The molecule has 10 heteroatoms. The second kappa shape index (κ2) is 5.05. The van der Waals surface area contributed by atoms with Crippen LogP contribution < -0.4 is 0 Å². The molecular formula is C12H10F3N3O4. The normalized spacial score (nSPS) is 21.7. The summed E-state index contributed by atoms with van der Waals surface area (Å²) < 4.78 is 37.8. The van der Waals surface area contributed by atoms with Crippen LogP contribution in [0.2, 0.25) is 0 Å². The van der Waals surface area contributed by atoms with Gasteiger partial charge < -0.3 is 5.11 Å². The molecule has 1 atom stereocenters. The number of benzene rings is 1. The molecule has 118 valence electrons. The van der Waals surface area contributed by atoms with Crippen LogP contribution >= 0.6 is 0 Å². The molecule has 1 amide bonds. The van der Waals surface area contributed by atoms with Crippen LogP contribution in [-0.2, 0) is 10.5 Å². The van der Waals surface area contributed by atoms with E-state index in [4.69, 9.17) is 0 Å². The highest BCUT2D eigenvalue weighted by molar-refractivity contribution is 5.91. The molecule has 0 aliphatic carbocycles. The molecule has 22 heavy (non-hydrogen) atoms. The Morgan fingerprint density at radius 1 is 1.50 bits per heavy atom. The van der Waals surface area contributed by atoms with Gasteiger partial charge in [0.15, 0.2) is 5.72 Å². The van der Waals surface area contributed by atoms with E-state index in [0.717, 1.165) is 12.1 Å². The molecule has 0 radical (unpaired) electrons. The molecule has 1 unspecified atom stereocenters. The van der Waals surface area contributed by atoms with Gasteiger partial charge in [-0.05, 0) is 6.92 Å². The van der Waals surface area contributed by atoms with E-state index in [-0.39, 0.29) is 22.7 Å². The first-order valence-electron chi connectivity index (χ1n) is 5.98.